The van der Waals surface area contributed by atoms with Crippen molar-refractivity contribution in [3.63, 3.8) is 0 Å². The van der Waals surface area contributed by atoms with Crippen LogP contribution < -0.4 is 24.4 Å². The third kappa shape index (κ3) is 7.31. The maximum atomic E-state index is 13.4. The minimum atomic E-state index is -0.828. The lowest BCUT2D eigenvalue weighted by Crippen LogP contribution is -2.54. The second-order valence-electron chi connectivity index (χ2n) is 9.78. The van der Waals surface area contributed by atoms with Crippen LogP contribution in [0.15, 0.2) is 101 Å². The van der Waals surface area contributed by atoms with Gasteiger partial charge >= 0.3 is 6.03 Å². The van der Waals surface area contributed by atoms with E-state index in [2.05, 4.69) is 21.2 Å². The van der Waals surface area contributed by atoms with Crippen molar-refractivity contribution in [2.24, 2.45) is 0 Å². The molecular formula is C34H29BrN2O6. The number of nitrogens with one attached hydrogen (secondary N) is 1. The Hall–Kier alpha value is -4.89. The summed E-state index contributed by atoms with van der Waals surface area (Å²) in [6, 6.07) is 26.6. The first-order valence-electron chi connectivity index (χ1n) is 13.6. The fourth-order valence-corrected chi connectivity index (χ4v) is 4.73. The summed E-state index contributed by atoms with van der Waals surface area (Å²) >= 11 is 3.41. The second-order valence-corrected chi connectivity index (χ2v) is 10.7. The van der Waals surface area contributed by atoms with Gasteiger partial charge in [0.15, 0.2) is 11.5 Å². The molecule has 1 saturated heterocycles. The Morgan fingerprint density at radius 2 is 1.53 bits per heavy atom. The minimum Gasteiger partial charge on any atom is -0.490 e. The smallest absolute Gasteiger partial charge is 0.335 e. The van der Waals surface area contributed by atoms with E-state index >= 15 is 0 Å². The van der Waals surface area contributed by atoms with Crippen LogP contribution in [0.5, 0.6) is 17.2 Å². The van der Waals surface area contributed by atoms with Gasteiger partial charge in [-0.15, -0.1) is 0 Å². The topological polar surface area (TPSA) is 94.2 Å². The molecule has 4 amide bonds. The number of halogens is 1. The molecule has 0 saturated carbocycles. The highest BCUT2D eigenvalue weighted by Gasteiger charge is 2.36. The number of carbonyl (C=O) groups excluding carboxylic acids is 3. The number of hydrogen-bond donors (Lipinski definition) is 1. The number of carbonyl (C=O) groups is 3. The lowest BCUT2D eigenvalue weighted by Gasteiger charge is -2.26. The molecule has 0 unspecified atom stereocenters. The Morgan fingerprint density at radius 3 is 2.26 bits per heavy atom. The van der Waals surface area contributed by atoms with Crippen LogP contribution in [0.25, 0.3) is 6.08 Å². The molecule has 0 spiro atoms. The molecule has 4 aromatic rings. The van der Waals surface area contributed by atoms with Gasteiger partial charge in [0.05, 0.1) is 12.3 Å². The molecule has 9 heteroatoms. The van der Waals surface area contributed by atoms with Crippen molar-refractivity contribution >= 4 is 45.5 Å². The first-order valence-corrected chi connectivity index (χ1v) is 14.4. The normalized spacial score (nSPS) is 14.1. The molecule has 1 aliphatic heterocycles. The Labute approximate surface area is 258 Å². The van der Waals surface area contributed by atoms with Crippen molar-refractivity contribution in [2.45, 2.75) is 27.1 Å². The van der Waals surface area contributed by atoms with E-state index in [-0.39, 0.29) is 5.57 Å². The lowest BCUT2D eigenvalue weighted by atomic mass is 10.1. The van der Waals surface area contributed by atoms with Crippen LogP contribution in [0, 0.1) is 6.92 Å². The van der Waals surface area contributed by atoms with Gasteiger partial charge < -0.3 is 14.2 Å². The van der Waals surface area contributed by atoms with E-state index in [0.29, 0.717) is 48.3 Å². The molecule has 1 N–H and O–H groups in total. The van der Waals surface area contributed by atoms with E-state index in [1.807, 2.05) is 62.4 Å². The quantitative estimate of drug-likeness (QED) is 0.148. The van der Waals surface area contributed by atoms with Crippen molar-refractivity contribution in [1.29, 1.82) is 0 Å². The number of barbiturate groups is 1. The molecule has 4 aromatic carbocycles. The van der Waals surface area contributed by atoms with Crippen LogP contribution in [0.2, 0.25) is 0 Å². The maximum absolute atomic E-state index is 13.4. The molecule has 0 bridgehead atoms. The third-order valence-corrected chi connectivity index (χ3v) is 7.10. The molecule has 8 nitrogen and oxygen atoms in total. The Morgan fingerprint density at radius 1 is 0.791 bits per heavy atom. The third-order valence-electron chi connectivity index (χ3n) is 6.57. The average Bonchev–Trinajstić information content (AvgIpc) is 2.99. The summed E-state index contributed by atoms with van der Waals surface area (Å²) in [5.74, 6) is 0.0500. The number of hydrogen-bond acceptors (Lipinski definition) is 6. The summed E-state index contributed by atoms with van der Waals surface area (Å²) in [5, 5.41) is 2.26. The molecule has 0 aromatic heterocycles. The van der Waals surface area contributed by atoms with Crippen LogP contribution >= 0.6 is 15.9 Å². The number of imide groups is 2. The van der Waals surface area contributed by atoms with Crippen molar-refractivity contribution in [3.8, 4) is 17.2 Å². The summed E-state index contributed by atoms with van der Waals surface area (Å²) in [7, 11) is 0. The van der Waals surface area contributed by atoms with E-state index in [1.54, 1.807) is 42.5 Å². The number of amides is 4. The van der Waals surface area contributed by atoms with Gasteiger partial charge in [0.25, 0.3) is 11.8 Å². The highest BCUT2D eigenvalue weighted by atomic mass is 79.9. The number of urea groups is 1. The van der Waals surface area contributed by atoms with Crippen molar-refractivity contribution in [3.05, 3.63) is 123 Å². The zero-order valence-electron chi connectivity index (χ0n) is 23.6. The highest BCUT2D eigenvalue weighted by Crippen LogP contribution is 2.31. The largest absolute Gasteiger partial charge is 0.490 e. The van der Waals surface area contributed by atoms with Crippen molar-refractivity contribution in [1.82, 2.24) is 5.32 Å². The van der Waals surface area contributed by atoms with Crippen LogP contribution in [-0.4, -0.2) is 24.5 Å². The molecular weight excluding hydrogens is 612 g/mol. The predicted octanol–water partition coefficient (Wildman–Crippen LogP) is 6.98. The zero-order valence-corrected chi connectivity index (χ0v) is 25.2. The summed E-state index contributed by atoms with van der Waals surface area (Å²) in [6.07, 6.45) is 1.43. The molecule has 43 heavy (non-hydrogen) atoms. The van der Waals surface area contributed by atoms with E-state index in [0.717, 1.165) is 26.1 Å². The number of nitrogens with zero attached hydrogens (tertiary/aromatic N) is 1. The van der Waals surface area contributed by atoms with E-state index < -0.39 is 17.8 Å². The SMILES string of the molecule is CCOc1cc(/C=C2\C(=O)NC(=O)N(c3ccc(OCc4ccc(Br)cc4)cc3)C2=O)ccc1OCc1cccc(C)c1. The van der Waals surface area contributed by atoms with Gasteiger partial charge in [-0.05, 0) is 85.1 Å². The van der Waals surface area contributed by atoms with Gasteiger partial charge in [-0.2, -0.15) is 0 Å². The summed E-state index contributed by atoms with van der Waals surface area (Å²) in [6.45, 7) is 4.98. The van der Waals surface area contributed by atoms with Gasteiger partial charge in [0.2, 0.25) is 0 Å². The Kier molecular flexibility index (Phi) is 9.22. The number of benzene rings is 4. The van der Waals surface area contributed by atoms with Gasteiger partial charge in [-0.25, -0.2) is 9.69 Å². The average molecular weight is 642 g/mol. The molecule has 0 atom stereocenters. The predicted molar refractivity (Wildman–Crippen MR) is 167 cm³/mol. The maximum Gasteiger partial charge on any atom is 0.335 e. The van der Waals surface area contributed by atoms with Gasteiger partial charge in [0.1, 0.15) is 24.5 Å². The number of aryl methyl sites for hydroxylation is 1. The van der Waals surface area contributed by atoms with Crippen LogP contribution in [0.4, 0.5) is 10.5 Å². The minimum absolute atomic E-state index is 0.189. The zero-order chi connectivity index (χ0) is 30.3. The molecule has 5 rings (SSSR count). The summed E-state index contributed by atoms with van der Waals surface area (Å²) in [4.78, 5) is 39.8. The molecule has 0 radical (unpaired) electrons. The first-order chi connectivity index (χ1) is 20.8. The highest BCUT2D eigenvalue weighted by molar-refractivity contribution is 9.10. The van der Waals surface area contributed by atoms with Crippen LogP contribution in [0.3, 0.4) is 0 Å². The van der Waals surface area contributed by atoms with Gasteiger partial charge in [0, 0.05) is 4.47 Å². The van der Waals surface area contributed by atoms with E-state index in [4.69, 9.17) is 14.2 Å². The first kappa shape index (κ1) is 29.6. The number of rotatable bonds is 10. The monoisotopic (exact) mass is 640 g/mol. The van der Waals surface area contributed by atoms with Crippen LogP contribution in [0.1, 0.15) is 29.2 Å². The molecule has 1 aliphatic rings. The molecule has 1 fully saturated rings. The summed E-state index contributed by atoms with van der Waals surface area (Å²) in [5.41, 5.74) is 3.79. The standard InChI is InChI=1S/C34H29BrN2O6/c1-3-41-31-19-24(9-16-30(31)43-21-25-6-4-5-22(2)17-25)18-29-32(38)36-34(40)37(33(29)39)27-12-14-28(15-13-27)42-20-23-7-10-26(35)11-8-23/h4-19H,3,20-21H2,1-2H3,(H,36,38,40)/b29-18+. The summed E-state index contributed by atoms with van der Waals surface area (Å²) < 4.78 is 18.6. The number of ether oxygens (including phenoxy) is 3. The molecule has 0 aliphatic carbocycles. The molecule has 218 valence electrons. The fraction of sp³-hybridized carbons (Fsp3) is 0.147. The Balaban J connectivity index is 1.32. The van der Waals surface area contributed by atoms with E-state index in [1.165, 1.54) is 6.08 Å². The Bertz CT molecular complexity index is 1680. The fourth-order valence-electron chi connectivity index (χ4n) is 4.46. The van der Waals surface area contributed by atoms with Crippen LogP contribution in [-0.2, 0) is 22.8 Å². The van der Waals surface area contributed by atoms with Gasteiger partial charge in [-0.1, -0.05) is 64.0 Å². The van der Waals surface area contributed by atoms with Crippen molar-refractivity contribution in [2.75, 3.05) is 11.5 Å². The van der Waals surface area contributed by atoms with Gasteiger partial charge in [-0.3, -0.25) is 14.9 Å². The molecule has 1 heterocycles. The van der Waals surface area contributed by atoms with E-state index in [9.17, 15) is 14.4 Å². The second kappa shape index (κ2) is 13.4. The lowest BCUT2D eigenvalue weighted by molar-refractivity contribution is -0.122. The van der Waals surface area contributed by atoms with Crippen molar-refractivity contribution < 1.29 is 28.6 Å². The number of anilines is 1.